The maximum Gasteiger partial charge on any atom is 0.311 e. The minimum absolute atomic E-state index is 0.0892. The van der Waals surface area contributed by atoms with Gasteiger partial charge < -0.3 is 10.2 Å². The molecule has 0 bridgehead atoms. The van der Waals surface area contributed by atoms with Crippen molar-refractivity contribution in [3.05, 3.63) is 22.2 Å². The van der Waals surface area contributed by atoms with Crippen LogP contribution in [-0.2, 0) is 0 Å². The van der Waals surface area contributed by atoms with E-state index in [0.717, 1.165) is 32.5 Å². The van der Waals surface area contributed by atoms with Crippen molar-refractivity contribution >= 4 is 17.3 Å². The van der Waals surface area contributed by atoms with Crippen molar-refractivity contribution in [2.24, 2.45) is 5.41 Å². The Morgan fingerprint density at radius 2 is 2.05 bits per heavy atom. The first-order valence-corrected chi connectivity index (χ1v) is 7.07. The van der Waals surface area contributed by atoms with E-state index in [1.54, 1.807) is 12.1 Å². The summed E-state index contributed by atoms with van der Waals surface area (Å²) in [6.45, 7) is 8.83. The topological polar surface area (TPSA) is 71.3 Å². The Morgan fingerprint density at radius 3 is 2.60 bits per heavy atom. The molecule has 1 saturated heterocycles. The lowest BCUT2D eigenvalue weighted by Gasteiger charge is -2.37. The number of anilines is 2. The summed E-state index contributed by atoms with van der Waals surface area (Å²) in [6.07, 6.45) is 2.05. The predicted octanol–water partition coefficient (Wildman–Crippen LogP) is 3.05. The van der Waals surface area contributed by atoms with Crippen molar-refractivity contribution < 1.29 is 4.92 Å². The Bertz CT molecular complexity index is 492. The van der Waals surface area contributed by atoms with E-state index < -0.39 is 0 Å². The van der Waals surface area contributed by atoms with E-state index in [4.69, 9.17) is 0 Å². The fourth-order valence-electron chi connectivity index (χ4n) is 2.42. The molecule has 6 heteroatoms. The van der Waals surface area contributed by atoms with Gasteiger partial charge in [0.25, 0.3) is 0 Å². The van der Waals surface area contributed by atoms with Crippen LogP contribution in [0.3, 0.4) is 0 Å². The van der Waals surface area contributed by atoms with Gasteiger partial charge in [0.1, 0.15) is 5.82 Å². The van der Waals surface area contributed by atoms with Gasteiger partial charge in [-0.3, -0.25) is 10.1 Å². The van der Waals surface area contributed by atoms with Gasteiger partial charge in [-0.2, -0.15) is 0 Å². The molecule has 0 amide bonds. The molecule has 2 heterocycles. The zero-order valence-corrected chi connectivity index (χ0v) is 12.3. The number of nitrogens with one attached hydrogen (secondary N) is 1. The van der Waals surface area contributed by atoms with E-state index in [2.05, 4.69) is 24.1 Å². The van der Waals surface area contributed by atoms with Gasteiger partial charge in [-0.25, -0.2) is 4.98 Å². The highest BCUT2D eigenvalue weighted by atomic mass is 16.6. The zero-order valence-electron chi connectivity index (χ0n) is 12.3. The van der Waals surface area contributed by atoms with Crippen LogP contribution in [0.1, 0.15) is 33.6 Å². The second-order valence-electron chi connectivity index (χ2n) is 5.98. The van der Waals surface area contributed by atoms with E-state index in [0.29, 0.717) is 17.1 Å². The van der Waals surface area contributed by atoms with E-state index in [9.17, 15) is 10.1 Å². The molecule has 0 saturated carbocycles. The summed E-state index contributed by atoms with van der Waals surface area (Å²) < 4.78 is 0. The minimum atomic E-state index is -0.349. The van der Waals surface area contributed by atoms with Gasteiger partial charge in [0.05, 0.1) is 4.92 Å². The van der Waals surface area contributed by atoms with Gasteiger partial charge in [-0.05, 0) is 31.2 Å². The lowest BCUT2D eigenvalue weighted by Crippen LogP contribution is -2.38. The summed E-state index contributed by atoms with van der Waals surface area (Å²) in [5.74, 6) is 1.18. The molecule has 6 nitrogen and oxygen atoms in total. The fraction of sp³-hybridized carbons (Fsp3) is 0.643. The van der Waals surface area contributed by atoms with Crippen molar-refractivity contribution in [1.82, 2.24) is 4.98 Å². The van der Waals surface area contributed by atoms with Crippen LogP contribution in [0.5, 0.6) is 0 Å². The molecule has 1 aliphatic rings. The highest BCUT2D eigenvalue weighted by Crippen LogP contribution is 2.35. The average Bonchev–Trinajstić information content (AvgIpc) is 2.38. The zero-order chi connectivity index (χ0) is 14.8. The normalized spacial score (nSPS) is 17.9. The summed E-state index contributed by atoms with van der Waals surface area (Å²) in [6, 6.07) is 3.21. The molecule has 20 heavy (non-hydrogen) atoms. The number of piperidine rings is 1. The van der Waals surface area contributed by atoms with Gasteiger partial charge >= 0.3 is 5.69 Å². The first-order valence-electron chi connectivity index (χ1n) is 7.07. The summed E-state index contributed by atoms with van der Waals surface area (Å²) in [7, 11) is 0. The first kappa shape index (κ1) is 14.6. The molecule has 0 aliphatic carbocycles. The van der Waals surface area contributed by atoms with Crippen LogP contribution in [0, 0.1) is 15.5 Å². The number of pyridine rings is 1. The molecule has 2 rings (SSSR count). The maximum atomic E-state index is 11.2. The van der Waals surface area contributed by atoms with Crippen LogP contribution in [0.15, 0.2) is 12.1 Å². The van der Waals surface area contributed by atoms with Gasteiger partial charge in [-0.1, -0.05) is 13.8 Å². The van der Waals surface area contributed by atoms with Crippen LogP contribution < -0.4 is 10.2 Å². The molecule has 1 fully saturated rings. The van der Waals surface area contributed by atoms with Crippen LogP contribution in [0.2, 0.25) is 0 Å². The lowest BCUT2D eigenvalue weighted by atomic mass is 9.83. The van der Waals surface area contributed by atoms with Crippen LogP contribution in [0.25, 0.3) is 0 Å². The third kappa shape index (κ3) is 3.18. The number of rotatable bonds is 4. The maximum absolute atomic E-state index is 11.2. The molecule has 0 aromatic carbocycles. The van der Waals surface area contributed by atoms with Crippen LogP contribution in [-0.4, -0.2) is 29.5 Å². The Balaban J connectivity index is 2.28. The van der Waals surface area contributed by atoms with Crippen molar-refractivity contribution in [1.29, 1.82) is 0 Å². The van der Waals surface area contributed by atoms with Crippen molar-refractivity contribution in [2.75, 3.05) is 29.9 Å². The van der Waals surface area contributed by atoms with E-state index in [-0.39, 0.29) is 10.6 Å². The van der Waals surface area contributed by atoms with Crippen LogP contribution in [0.4, 0.5) is 17.3 Å². The SMILES string of the molecule is CCNc1ccc([N+](=O)[O-])c(N2CCC(C)(C)CC2)n1. The van der Waals surface area contributed by atoms with Crippen molar-refractivity contribution in [3.63, 3.8) is 0 Å². The molecule has 0 radical (unpaired) electrons. The van der Waals surface area contributed by atoms with Crippen molar-refractivity contribution in [3.8, 4) is 0 Å². The smallest absolute Gasteiger partial charge is 0.311 e. The highest BCUT2D eigenvalue weighted by molar-refractivity contribution is 5.62. The standard InChI is InChI=1S/C14H22N4O2/c1-4-15-12-6-5-11(18(19)20)13(16-12)17-9-7-14(2,3)8-10-17/h5-6H,4,7-10H2,1-3H3,(H,15,16). The summed E-state index contributed by atoms with van der Waals surface area (Å²) in [5, 5.41) is 14.3. The first-order chi connectivity index (χ1) is 9.43. The molecule has 0 spiro atoms. The molecular weight excluding hydrogens is 256 g/mol. The Labute approximate surface area is 119 Å². The molecule has 1 aliphatic heterocycles. The predicted molar refractivity (Wildman–Crippen MR) is 80.3 cm³/mol. The second-order valence-corrected chi connectivity index (χ2v) is 5.98. The number of hydrogen-bond acceptors (Lipinski definition) is 5. The monoisotopic (exact) mass is 278 g/mol. The molecule has 1 aromatic rings. The summed E-state index contributed by atoms with van der Waals surface area (Å²) in [5.41, 5.74) is 0.399. The summed E-state index contributed by atoms with van der Waals surface area (Å²) in [4.78, 5) is 17.3. The van der Waals surface area contributed by atoms with E-state index in [1.807, 2.05) is 11.8 Å². The highest BCUT2D eigenvalue weighted by Gasteiger charge is 2.29. The number of nitrogens with zero attached hydrogens (tertiary/aromatic N) is 3. The largest absolute Gasteiger partial charge is 0.370 e. The van der Waals surface area contributed by atoms with Crippen LogP contribution >= 0.6 is 0 Å². The number of hydrogen-bond donors (Lipinski definition) is 1. The molecular formula is C14H22N4O2. The molecule has 0 atom stereocenters. The molecule has 1 N–H and O–H groups in total. The Hall–Kier alpha value is -1.85. The van der Waals surface area contributed by atoms with Crippen molar-refractivity contribution in [2.45, 2.75) is 33.6 Å². The van der Waals surface area contributed by atoms with Gasteiger partial charge in [0, 0.05) is 25.7 Å². The Kier molecular flexibility index (Phi) is 4.11. The molecule has 1 aromatic heterocycles. The number of aromatic nitrogens is 1. The van der Waals surface area contributed by atoms with Gasteiger partial charge in [0.2, 0.25) is 5.82 Å². The molecule has 110 valence electrons. The Morgan fingerprint density at radius 1 is 1.40 bits per heavy atom. The lowest BCUT2D eigenvalue weighted by molar-refractivity contribution is -0.384. The van der Waals surface area contributed by atoms with E-state index in [1.165, 1.54) is 0 Å². The average molecular weight is 278 g/mol. The van der Waals surface area contributed by atoms with Gasteiger partial charge in [0.15, 0.2) is 0 Å². The second kappa shape index (κ2) is 5.64. The molecule has 0 unspecified atom stereocenters. The minimum Gasteiger partial charge on any atom is -0.370 e. The number of nitro groups is 1. The fourth-order valence-corrected chi connectivity index (χ4v) is 2.42. The third-order valence-electron chi connectivity index (χ3n) is 3.83. The van der Waals surface area contributed by atoms with E-state index >= 15 is 0 Å². The third-order valence-corrected chi connectivity index (χ3v) is 3.83. The van der Waals surface area contributed by atoms with Gasteiger partial charge in [-0.15, -0.1) is 0 Å². The quantitative estimate of drug-likeness (QED) is 0.677. The summed E-state index contributed by atoms with van der Waals surface area (Å²) >= 11 is 0.